The minimum atomic E-state index is -0.925. The first-order valence-corrected chi connectivity index (χ1v) is 7.04. The zero-order valence-electron chi connectivity index (χ0n) is 8.88. The third-order valence-electron chi connectivity index (χ3n) is 2.42. The SMILES string of the molecule is O=C(O)c1ccc2nc(-c3ccc(Cl)s3)sc2c1. The van der Waals surface area contributed by atoms with Gasteiger partial charge in [-0.2, -0.15) is 0 Å². The summed E-state index contributed by atoms with van der Waals surface area (Å²) >= 11 is 8.83. The summed E-state index contributed by atoms with van der Waals surface area (Å²) in [6, 6.07) is 8.69. The number of carboxylic acids is 1. The van der Waals surface area contributed by atoms with Crippen LogP contribution in [-0.2, 0) is 0 Å². The molecule has 0 aliphatic carbocycles. The van der Waals surface area contributed by atoms with Crippen molar-refractivity contribution >= 4 is 50.5 Å². The second-order valence-electron chi connectivity index (χ2n) is 3.61. The molecule has 1 aromatic carbocycles. The van der Waals surface area contributed by atoms with Crippen molar-refractivity contribution in [2.24, 2.45) is 0 Å². The van der Waals surface area contributed by atoms with Crippen LogP contribution >= 0.6 is 34.3 Å². The van der Waals surface area contributed by atoms with Gasteiger partial charge in [0.1, 0.15) is 5.01 Å². The lowest BCUT2D eigenvalue weighted by Gasteiger charge is -1.91. The Morgan fingerprint density at radius 2 is 2.06 bits per heavy atom. The lowest BCUT2D eigenvalue weighted by molar-refractivity contribution is 0.0697. The van der Waals surface area contributed by atoms with Crippen molar-refractivity contribution < 1.29 is 9.90 Å². The smallest absolute Gasteiger partial charge is 0.335 e. The maximum atomic E-state index is 10.9. The van der Waals surface area contributed by atoms with Crippen molar-refractivity contribution in [3.8, 4) is 9.88 Å². The van der Waals surface area contributed by atoms with E-state index in [1.807, 2.05) is 12.1 Å². The highest BCUT2D eigenvalue weighted by Crippen LogP contribution is 2.36. The Bertz CT molecular complexity index is 747. The topological polar surface area (TPSA) is 50.2 Å². The number of rotatable bonds is 2. The van der Waals surface area contributed by atoms with Crippen LogP contribution < -0.4 is 0 Å². The Morgan fingerprint density at radius 3 is 2.72 bits per heavy atom. The van der Waals surface area contributed by atoms with Gasteiger partial charge in [0.2, 0.25) is 0 Å². The van der Waals surface area contributed by atoms with E-state index in [4.69, 9.17) is 16.7 Å². The molecule has 0 saturated carbocycles. The predicted molar refractivity (Wildman–Crippen MR) is 74.9 cm³/mol. The van der Waals surface area contributed by atoms with Gasteiger partial charge < -0.3 is 5.11 Å². The molecule has 3 rings (SSSR count). The highest BCUT2D eigenvalue weighted by molar-refractivity contribution is 7.26. The Labute approximate surface area is 115 Å². The van der Waals surface area contributed by atoms with Crippen LogP contribution in [0.4, 0.5) is 0 Å². The van der Waals surface area contributed by atoms with E-state index in [0.29, 0.717) is 0 Å². The van der Waals surface area contributed by atoms with E-state index in [1.54, 1.807) is 18.2 Å². The number of thiophene rings is 1. The van der Waals surface area contributed by atoms with Crippen LogP contribution in [0.15, 0.2) is 30.3 Å². The minimum Gasteiger partial charge on any atom is -0.478 e. The molecule has 0 atom stereocenters. The van der Waals surface area contributed by atoms with Crippen LogP contribution in [0.1, 0.15) is 10.4 Å². The van der Waals surface area contributed by atoms with Gasteiger partial charge in [-0.15, -0.1) is 22.7 Å². The van der Waals surface area contributed by atoms with Gasteiger partial charge in [-0.1, -0.05) is 11.6 Å². The number of thiazole rings is 1. The summed E-state index contributed by atoms with van der Waals surface area (Å²) in [6.07, 6.45) is 0. The van der Waals surface area contributed by atoms with Crippen molar-refractivity contribution in [1.29, 1.82) is 0 Å². The first-order valence-electron chi connectivity index (χ1n) is 5.03. The predicted octanol–water partition coefficient (Wildman–Crippen LogP) is 4.38. The molecule has 0 bridgehead atoms. The molecule has 2 aromatic heterocycles. The van der Waals surface area contributed by atoms with Gasteiger partial charge in [0.05, 0.1) is 25.0 Å². The van der Waals surface area contributed by atoms with Crippen LogP contribution in [0.5, 0.6) is 0 Å². The first-order chi connectivity index (χ1) is 8.63. The summed E-state index contributed by atoms with van der Waals surface area (Å²) in [6.45, 7) is 0. The molecule has 0 aliphatic rings. The van der Waals surface area contributed by atoms with E-state index >= 15 is 0 Å². The standard InChI is InChI=1S/C12H6ClNO2S2/c13-10-4-3-8(17-10)11-14-7-2-1-6(12(15)16)5-9(7)18-11/h1-5H,(H,15,16). The fourth-order valence-electron chi connectivity index (χ4n) is 1.59. The Balaban J connectivity index is 2.13. The zero-order chi connectivity index (χ0) is 12.7. The molecule has 6 heteroatoms. The average molecular weight is 296 g/mol. The maximum absolute atomic E-state index is 10.9. The molecule has 0 fully saturated rings. The van der Waals surface area contributed by atoms with Crippen molar-refractivity contribution in [3.05, 3.63) is 40.2 Å². The van der Waals surface area contributed by atoms with Gasteiger partial charge in [0.15, 0.2) is 0 Å². The fraction of sp³-hybridized carbons (Fsp3) is 0. The summed E-state index contributed by atoms with van der Waals surface area (Å²) in [4.78, 5) is 16.4. The number of fused-ring (bicyclic) bond motifs is 1. The van der Waals surface area contributed by atoms with Crippen LogP contribution in [-0.4, -0.2) is 16.1 Å². The first kappa shape index (κ1) is 11.6. The molecular formula is C12H6ClNO2S2. The number of carboxylic acid groups (broad SMARTS) is 1. The molecule has 3 nitrogen and oxygen atoms in total. The van der Waals surface area contributed by atoms with E-state index in [2.05, 4.69) is 4.98 Å². The Morgan fingerprint density at radius 1 is 1.22 bits per heavy atom. The van der Waals surface area contributed by atoms with E-state index in [-0.39, 0.29) is 5.56 Å². The van der Waals surface area contributed by atoms with Crippen molar-refractivity contribution in [2.45, 2.75) is 0 Å². The summed E-state index contributed by atoms with van der Waals surface area (Å²) in [5, 5.41) is 9.81. The fourth-order valence-corrected chi connectivity index (χ4v) is 3.69. The molecule has 0 saturated heterocycles. The summed E-state index contributed by atoms with van der Waals surface area (Å²) in [5.74, 6) is -0.925. The molecule has 18 heavy (non-hydrogen) atoms. The maximum Gasteiger partial charge on any atom is 0.335 e. The number of hydrogen-bond acceptors (Lipinski definition) is 4. The van der Waals surface area contributed by atoms with Gasteiger partial charge in [0.25, 0.3) is 0 Å². The highest BCUT2D eigenvalue weighted by Gasteiger charge is 2.10. The van der Waals surface area contributed by atoms with Crippen molar-refractivity contribution in [3.63, 3.8) is 0 Å². The second kappa shape index (κ2) is 4.35. The largest absolute Gasteiger partial charge is 0.478 e. The number of aromatic carboxylic acids is 1. The number of benzene rings is 1. The van der Waals surface area contributed by atoms with Crippen LogP contribution in [0.2, 0.25) is 4.34 Å². The Hall–Kier alpha value is -1.43. The van der Waals surface area contributed by atoms with E-state index in [1.165, 1.54) is 22.7 Å². The summed E-state index contributed by atoms with van der Waals surface area (Å²) in [5.41, 5.74) is 1.09. The van der Waals surface area contributed by atoms with Gasteiger partial charge in [0, 0.05) is 0 Å². The third kappa shape index (κ3) is 2.01. The number of nitrogens with zero attached hydrogens (tertiary/aromatic N) is 1. The second-order valence-corrected chi connectivity index (χ2v) is 6.36. The number of carbonyl (C=O) groups is 1. The van der Waals surface area contributed by atoms with Crippen molar-refractivity contribution in [1.82, 2.24) is 4.98 Å². The van der Waals surface area contributed by atoms with Crippen LogP contribution in [0.25, 0.3) is 20.1 Å². The quantitative estimate of drug-likeness (QED) is 0.763. The molecule has 1 N–H and O–H groups in total. The molecule has 0 radical (unpaired) electrons. The summed E-state index contributed by atoms with van der Waals surface area (Å²) in [7, 11) is 0. The monoisotopic (exact) mass is 295 g/mol. The van der Waals surface area contributed by atoms with Gasteiger partial charge in [-0.3, -0.25) is 0 Å². The summed E-state index contributed by atoms with van der Waals surface area (Å²) < 4.78 is 1.59. The van der Waals surface area contributed by atoms with Crippen molar-refractivity contribution in [2.75, 3.05) is 0 Å². The molecule has 0 spiro atoms. The third-order valence-corrected chi connectivity index (χ3v) is 4.84. The lowest BCUT2D eigenvalue weighted by Crippen LogP contribution is -1.94. The molecule has 0 aliphatic heterocycles. The van der Waals surface area contributed by atoms with Gasteiger partial charge in [-0.05, 0) is 30.3 Å². The van der Waals surface area contributed by atoms with Crippen LogP contribution in [0.3, 0.4) is 0 Å². The number of hydrogen-bond donors (Lipinski definition) is 1. The zero-order valence-corrected chi connectivity index (χ0v) is 11.3. The molecule has 0 unspecified atom stereocenters. The molecule has 90 valence electrons. The van der Waals surface area contributed by atoms with Crippen LogP contribution in [0, 0.1) is 0 Å². The normalized spacial score (nSPS) is 10.9. The number of aromatic nitrogens is 1. The number of halogens is 1. The average Bonchev–Trinajstić information content (AvgIpc) is 2.93. The van der Waals surface area contributed by atoms with Gasteiger partial charge >= 0.3 is 5.97 Å². The highest BCUT2D eigenvalue weighted by atomic mass is 35.5. The molecule has 2 heterocycles. The van der Waals surface area contributed by atoms with E-state index < -0.39 is 5.97 Å². The van der Waals surface area contributed by atoms with Gasteiger partial charge in [-0.25, -0.2) is 9.78 Å². The molecule has 0 amide bonds. The van der Waals surface area contributed by atoms with E-state index in [0.717, 1.165) is 24.4 Å². The lowest BCUT2D eigenvalue weighted by atomic mass is 10.2. The van der Waals surface area contributed by atoms with E-state index in [9.17, 15) is 4.79 Å². The molecular weight excluding hydrogens is 290 g/mol. The molecule has 3 aromatic rings. The Kier molecular flexibility index (Phi) is 2.81. The minimum absolute atomic E-state index is 0.280.